The first-order chi connectivity index (χ1) is 8.67. The standard InChI is InChI=1S/C14H26N4/c1-6-9-12-16-13(15-5)11(4)14(17-12)18(8-3)10-7-2/h6-10H2,1-5H3,(H,15,16,17). The highest BCUT2D eigenvalue weighted by Crippen LogP contribution is 2.23. The van der Waals surface area contributed by atoms with Crippen LogP contribution in [0.15, 0.2) is 0 Å². The SMILES string of the molecule is CCCc1nc(NC)c(C)c(N(CC)CCC)n1. The maximum absolute atomic E-state index is 4.74. The van der Waals surface area contributed by atoms with Crippen LogP contribution in [0.4, 0.5) is 11.6 Å². The summed E-state index contributed by atoms with van der Waals surface area (Å²) in [6.45, 7) is 10.7. The molecule has 1 aromatic heterocycles. The second-order valence-electron chi connectivity index (χ2n) is 4.52. The quantitative estimate of drug-likeness (QED) is 0.807. The number of hydrogen-bond donors (Lipinski definition) is 1. The predicted octanol–water partition coefficient (Wildman–Crippen LogP) is 3.02. The van der Waals surface area contributed by atoms with Gasteiger partial charge in [0, 0.05) is 32.1 Å². The van der Waals surface area contributed by atoms with Gasteiger partial charge >= 0.3 is 0 Å². The molecule has 0 aliphatic rings. The fourth-order valence-corrected chi connectivity index (χ4v) is 2.12. The highest BCUT2D eigenvalue weighted by Gasteiger charge is 2.14. The van der Waals surface area contributed by atoms with Crippen LogP contribution in [-0.4, -0.2) is 30.1 Å². The highest BCUT2D eigenvalue weighted by atomic mass is 15.2. The normalized spacial score (nSPS) is 10.5. The third-order valence-electron chi connectivity index (χ3n) is 3.05. The number of aromatic nitrogens is 2. The topological polar surface area (TPSA) is 41.1 Å². The summed E-state index contributed by atoms with van der Waals surface area (Å²) in [5, 5.41) is 3.18. The summed E-state index contributed by atoms with van der Waals surface area (Å²) in [5.41, 5.74) is 1.15. The first-order valence-corrected chi connectivity index (χ1v) is 6.98. The molecule has 4 heteroatoms. The lowest BCUT2D eigenvalue weighted by atomic mass is 10.2. The summed E-state index contributed by atoms with van der Waals surface area (Å²) in [6.07, 6.45) is 3.15. The molecule has 0 saturated heterocycles. The van der Waals surface area contributed by atoms with Crippen LogP contribution in [0.2, 0.25) is 0 Å². The maximum Gasteiger partial charge on any atom is 0.137 e. The van der Waals surface area contributed by atoms with E-state index in [0.717, 1.165) is 55.4 Å². The van der Waals surface area contributed by atoms with Gasteiger partial charge in [0.05, 0.1) is 0 Å². The molecule has 0 bridgehead atoms. The number of anilines is 2. The van der Waals surface area contributed by atoms with E-state index in [9.17, 15) is 0 Å². The molecule has 1 aromatic rings. The molecule has 0 fully saturated rings. The summed E-state index contributed by atoms with van der Waals surface area (Å²) in [5.74, 6) is 2.98. The monoisotopic (exact) mass is 250 g/mol. The zero-order valence-electron chi connectivity index (χ0n) is 12.4. The van der Waals surface area contributed by atoms with E-state index < -0.39 is 0 Å². The van der Waals surface area contributed by atoms with Crippen molar-refractivity contribution in [3.8, 4) is 0 Å². The van der Waals surface area contributed by atoms with Crippen molar-refractivity contribution in [2.24, 2.45) is 0 Å². The summed E-state index contributed by atoms with van der Waals surface area (Å²) in [7, 11) is 1.92. The number of nitrogens with zero attached hydrogens (tertiary/aromatic N) is 3. The zero-order valence-corrected chi connectivity index (χ0v) is 12.4. The third kappa shape index (κ3) is 3.34. The van der Waals surface area contributed by atoms with Gasteiger partial charge in [0.15, 0.2) is 0 Å². The average molecular weight is 250 g/mol. The zero-order chi connectivity index (χ0) is 13.5. The molecule has 0 radical (unpaired) electrons. The van der Waals surface area contributed by atoms with Crippen LogP contribution in [-0.2, 0) is 6.42 Å². The van der Waals surface area contributed by atoms with E-state index in [-0.39, 0.29) is 0 Å². The van der Waals surface area contributed by atoms with Crippen LogP contribution in [0.5, 0.6) is 0 Å². The molecule has 0 unspecified atom stereocenters. The Labute approximate surface area is 111 Å². The Hall–Kier alpha value is -1.32. The lowest BCUT2D eigenvalue weighted by Gasteiger charge is -2.24. The van der Waals surface area contributed by atoms with Gasteiger partial charge < -0.3 is 10.2 Å². The molecule has 0 spiro atoms. The van der Waals surface area contributed by atoms with Crippen LogP contribution in [0, 0.1) is 6.92 Å². The van der Waals surface area contributed by atoms with Crippen molar-refractivity contribution in [3.05, 3.63) is 11.4 Å². The average Bonchev–Trinajstić information content (AvgIpc) is 2.38. The molecule has 1 N–H and O–H groups in total. The molecule has 0 aliphatic carbocycles. The second kappa shape index (κ2) is 7.19. The van der Waals surface area contributed by atoms with E-state index in [0.29, 0.717) is 0 Å². The molecule has 0 amide bonds. The molecule has 0 aromatic carbocycles. The smallest absolute Gasteiger partial charge is 0.137 e. The van der Waals surface area contributed by atoms with Gasteiger partial charge in [-0.3, -0.25) is 0 Å². The van der Waals surface area contributed by atoms with E-state index in [1.807, 2.05) is 7.05 Å². The number of rotatable bonds is 7. The Morgan fingerprint density at radius 1 is 1.11 bits per heavy atom. The van der Waals surface area contributed by atoms with E-state index in [1.54, 1.807) is 0 Å². The van der Waals surface area contributed by atoms with Crippen LogP contribution < -0.4 is 10.2 Å². The minimum Gasteiger partial charge on any atom is -0.373 e. The second-order valence-corrected chi connectivity index (χ2v) is 4.52. The number of hydrogen-bond acceptors (Lipinski definition) is 4. The molecule has 0 atom stereocenters. The largest absolute Gasteiger partial charge is 0.373 e. The number of aryl methyl sites for hydroxylation is 1. The first-order valence-electron chi connectivity index (χ1n) is 6.98. The fourth-order valence-electron chi connectivity index (χ4n) is 2.12. The van der Waals surface area contributed by atoms with Crippen molar-refractivity contribution in [1.29, 1.82) is 0 Å². The van der Waals surface area contributed by atoms with E-state index in [2.05, 4.69) is 42.9 Å². The Morgan fingerprint density at radius 3 is 2.33 bits per heavy atom. The molecule has 102 valence electrons. The van der Waals surface area contributed by atoms with Gasteiger partial charge in [0.25, 0.3) is 0 Å². The Bertz CT molecular complexity index is 376. The van der Waals surface area contributed by atoms with Crippen molar-refractivity contribution in [2.75, 3.05) is 30.4 Å². The van der Waals surface area contributed by atoms with Crippen LogP contribution >= 0.6 is 0 Å². The molecule has 18 heavy (non-hydrogen) atoms. The van der Waals surface area contributed by atoms with Gasteiger partial charge in [-0.15, -0.1) is 0 Å². The van der Waals surface area contributed by atoms with Crippen molar-refractivity contribution >= 4 is 11.6 Å². The molecule has 1 heterocycles. The minimum absolute atomic E-state index is 0.936. The van der Waals surface area contributed by atoms with Gasteiger partial charge in [0.2, 0.25) is 0 Å². The third-order valence-corrected chi connectivity index (χ3v) is 3.05. The Morgan fingerprint density at radius 2 is 1.83 bits per heavy atom. The van der Waals surface area contributed by atoms with Gasteiger partial charge in [-0.1, -0.05) is 13.8 Å². The Balaban J connectivity index is 3.17. The lowest BCUT2D eigenvalue weighted by molar-refractivity contribution is 0.755. The van der Waals surface area contributed by atoms with E-state index >= 15 is 0 Å². The van der Waals surface area contributed by atoms with Crippen molar-refractivity contribution in [3.63, 3.8) is 0 Å². The van der Waals surface area contributed by atoms with Gasteiger partial charge in [-0.2, -0.15) is 0 Å². The van der Waals surface area contributed by atoms with Crippen LogP contribution in [0.1, 0.15) is 45.0 Å². The van der Waals surface area contributed by atoms with E-state index in [1.165, 1.54) is 0 Å². The van der Waals surface area contributed by atoms with Crippen LogP contribution in [0.25, 0.3) is 0 Å². The van der Waals surface area contributed by atoms with Gasteiger partial charge in [-0.25, -0.2) is 9.97 Å². The van der Waals surface area contributed by atoms with Gasteiger partial charge in [0.1, 0.15) is 17.5 Å². The Kier molecular flexibility index (Phi) is 5.89. The van der Waals surface area contributed by atoms with Gasteiger partial charge in [-0.05, 0) is 26.7 Å². The fraction of sp³-hybridized carbons (Fsp3) is 0.714. The predicted molar refractivity (Wildman–Crippen MR) is 78.5 cm³/mol. The van der Waals surface area contributed by atoms with Crippen molar-refractivity contribution < 1.29 is 0 Å². The summed E-state index contributed by atoms with van der Waals surface area (Å²) >= 11 is 0. The minimum atomic E-state index is 0.936. The van der Waals surface area contributed by atoms with Crippen molar-refractivity contribution in [2.45, 2.75) is 47.0 Å². The summed E-state index contributed by atoms with van der Waals surface area (Å²) in [4.78, 5) is 11.6. The van der Waals surface area contributed by atoms with E-state index in [4.69, 9.17) is 4.98 Å². The highest BCUT2D eigenvalue weighted by molar-refractivity contribution is 5.58. The molecular weight excluding hydrogens is 224 g/mol. The summed E-state index contributed by atoms with van der Waals surface area (Å²) in [6, 6.07) is 0. The summed E-state index contributed by atoms with van der Waals surface area (Å²) < 4.78 is 0. The molecular formula is C14H26N4. The molecule has 0 saturated carbocycles. The van der Waals surface area contributed by atoms with Crippen LogP contribution in [0.3, 0.4) is 0 Å². The lowest BCUT2D eigenvalue weighted by Crippen LogP contribution is -2.26. The molecule has 1 rings (SSSR count). The maximum atomic E-state index is 4.74. The molecule has 0 aliphatic heterocycles. The molecule has 4 nitrogen and oxygen atoms in total. The first kappa shape index (κ1) is 14.7. The van der Waals surface area contributed by atoms with Crippen molar-refractivity contribution in [1.82, 2.24) is 9.97 Å². The number of nitrogens with one attached hydrogen (secondary N) is 1.